The summed E-state index contributed by atoms with van der Waals surface area (Å²) >= 11 is 3.44. The lowest BCUT2D eigenvalue weighted by atomic mass is 9.95. The third-order valence-electron chi connectivity index (χ3n) is 5.07. The Balaban J connectivity index is 1.68. The van der Waals surface area contributed by atoms with E-state index in [0.29, 0.717) is 41.0 Å². The molecule has 2 aliphatic heterocycles. The third kappa shape index (κ3) is 3.47. The first kappa shape index (κ1) is 20.0. The molecule has 3 aromatic rings. The molecule has 3 heterocycles. The van der Waals surface area contributed by atoms with Crippen LogP contribution in [0.1, 0.15) is 17.2 Å². The molecule has 156 valence electrons. The van der Waals surface area contributed by atoms with Gasteiger partial charge in [0.15, 0.2) is 16.6 Å². The van der Waals surface area contributed by atoms with Crippen LogP contribution in [0, 0.1) is 3.57 Å². The second-order valence-corrected chi connectivity index (χ2v) is 9.01. The first-order valence-electron chi connectivity index (χ1n) is 9.40. The number of benzene rings is 2. The van der Waals surface area contributed by atoms with Gasteiger partial charge in [-0.1, -0.05) is 12.1 Å². The van der Waals surface area contributed by atoms with Crippen LogP contribution in [0.5, 0.6) is 11.5 Å². The van der Waals surface area contributed by atoms with E-state index in [1.807, 2.05) is 24.3 Å². The highest BCUT2D eigenvalue weighted by molar-refractivity contribution is 14.1. The monoisotopic (exact) mass is 546 g/mol. The Labute approximate surface area is 195 Å². The molecule has 9 heteroatoms. The van der Waals surface area contributed by atoms with Gasteiger partial charge in [0.1, 0.15) is 19.0 Å². The molecule has 0 spiro atoms. The number of halogens is 1. The SMILES string of the molecule is O=C1C(=O)N(c2nccs2)C(c2ccc(I)cc2)C1=C(O)c1ccc2c(c1)OCCO2. The van der Waals surface area contributed by atoms with Gasteiger partial charge in [-0.15, -0.1) is 11.3 Å². The van der Waals surface area contributed by atoms with E-state index in [4.69, 9.17) is 9.47 Å². The second kappa shape index (κ2) is 7.97. The van der Waals surface area contributed by atoms with E-state index in [-0.39, 0.29) is 11.3 Å². The number of aromatic nitrogens is 1. The summed E-state index contributed by atoms with van der Waals surface area (Å²) in [6.45, 7) is 0.846. The van der Waals surface area contributed by atoms with Crippen molar-refractivity contribution in [1.82, 2.24) is 4.98 Å². The number of carbonyl (C=O) groups excluding carboxylic acids is 2. The molecular weight excluding hydrogens is 531 g/mol. The topological polar surface area (TPSA) is 89.0 Å². The summed E-state index contributed by atoms with van der Waals surface area (Å²) in [4.78, 5) is 31.6. The van der Waals surface area contributed by atoms with Crippen LogP contribution in [0.4, 0.5) is 5.13 Å². The summed E-state index contributed by atoms with van der Waals surface area (Å²) in [6, 6.07) is 11.6. The van der Waals surface area contributed by atoms with Crippen molar-refractivity contribution in [1.29, 1.82) is 0 Å². The first-order chi connectivity index (χ1) is 15.0. The van der Waals surface area contributed by atoms with Crippen molar-refractivity contribution in [3.05, 3.63) is 74.3 Å². The Kier molecular flexibility index (Phi) is 5.14. The van der Waals surface area contributed by atoms with Crippen LogP contribution >= 0.6 is 33.9 Å². The highest BCUT2D eigenvalue weighted by Gasteiger charge is 2.48. The number of thiazole rings is 1. The molecule has 1 saturated heterocycles. The Morgan fingerprint density at radius 3 is 2.55 bits per heavy atom. The maximum atomic E-state index is 13.1. The summed E-state index contributed by atoms with van der Waals surface area (Å²) in [5.74, 6) is -0.697. The van der Waals surface area contributed by atoms with Crippen LogP contribution < -0.4 is 14.4 Å². The molecule has 1 aromatic heterocycles. The Bertz CT molecular complexity index is 1210. The standard InChI is InChI=1S/C22H15IN2O5S/c23-14-4-1-12(2-5-14)18-17(20(27)21(28)25(18)22-24-7-10-31-22)19(26)13-3-6-15-16(11-13)30-9-8-29-15/h1-7,10-11,18,26H,8-9H2. The van der Waals surface area contributed by atoms with Gasteiger partial charge in [0.05, 0.1) is 11.6 Å². The van der Waals surface area contributed by atoms with Gasteiger partial charge in [-0.25, -0.2) is 4.98 Å². The van der Waals surface area contributed by atoms with Gasteiger partial charge in [0, 0.05) is 20.7 Å². The molecule has 31 heavy (non-hydrogen) atoms. The van der Waals surface area contributed by atoms with Crippen molar-refractivity contribution >= 4 is 56.5 Å². The van der Waals surface area contributed by atoms with Gasteiger partial charge in [-0.3, -0.25) is 14.5 Å². The summed E-state index contributed by atoms with van der Waals surface area (Å²) < 4.78 is 12.1. The number of Topliss-reactive ketones (excluding diaryl/α,β-unsaturated/α-hetero) is 1. The van der Waals surface area contributed by atoms with Crippen LogP contribution in [0.25, 0.3) is 5.76 Å². The number of carbonyl (C=O) groups is 2. The molecule has 1 unspecified atom stereocenters. The number of ether oxygens (including phenoxy) is 2. The molecule has 0 aliphatic carbocycles. The number of nitrogens with zero attached hydrogens (tertiary/aromatic N) is 2. The average molecular weight is 546 g/mol. The molecule has 2 aliphatic rings. The predicted molar refractivity (Wildman–Crippen MR) is 123 cm³/mol. The number of rotatable bonds is 3. The Morgan fingerprint density at radius 1 is 1.10 bits per heavy atom. The Morgan fingerprint density at radius 2 is 1.84 bits per heavy atom. The van der Waals surface area contributed by atoms with Gasteiger partial charge in [0.25, 0.3) is 5.78 Å². The number of hydrogen-bond donors (Lipinski definition) is 1. The predicted octanol–water partition coefficient (Wildman–Crippen LogP) is 4.15. The summed E-state index contributed by atoms with van der Waals surface area (Å²) in [6.07, 6.45) is 1.57. The average Bonchev–Trinajstić information content (AvgIpc) is 3.40. The van der Waals surface area contributed by atoms with Crippen molar-refractivity contribution in [3.63, 3.8) is 0 Å². The van der Waals surface area contributed by atoms with Crippen LogP contribution in [0.3, 0.4) is 0 Å². The van der Waals surface area contributed by atoms with E-state index < -0.39 is 17.7 Å². The lowest BCUT2D eigenvalue weighted by Crippen LogP contribution is -2.29. The molecule has 1 fully saturated rings. The lowest BCUT2D eigenvalue weighted by Gasteiger charge is -2.23. The molecule has 1 atom stereocenters. The zero-order valence-electron chi connectivity index (χ0n) is 15.9. The van der Waals surface area contributed by atoms with E-state index in [0.717, 1.165) is 3.57 Å². The zero-order chi connectivity index (χ0) is 21.5. The van der Waals surface area contributed by atoms with Crippen molar-refractivity contribution in [2.24, 2.45) is 0 Å². The minimum Gasteiger partial charge on any atom is -0.507 e. The Hall–Kier alpha value is -2.92. The fraction of sp³-hybridized carbons (Fsp3) is 0.136. The van der Waals surface area contributed by atoms with E-state index in [1.165, 1.54) is 16.2 Å². The number of hydrogen-bond acceptors (Lipinski definition) is 7. The van der Waals surface area contributed by atoms with Gasteiger partial charge in [-0.05, 0) is 58.5 Å². The van der Waals surface area contributed by atoms with Gasteiger partial charge >= 0.3 is 5.91 Å². The minimum atomic E-state index is -0.795. The van der Waals surface area contributed by atoms with Crippen molar-refractivity contribution in [3.8, 4) is 11.5 Å². The van der Waals surface area contributed by atoms with E-state index >= 15 is 0 Å². The highest BCUT2D eigenvalue weighted by atomic mass is 127. The fourth-order valence-electron chi connectivity index (χ4n) is 3.67. The van der Waals surface area contributed by atoms with Gasteiger partial charge in [0.2, 0.25) is 0 Å². The number of anilines is 1. The molecule has 0 bridgehead atoms. The van der Waals surface area contributed by atoms with Gasteiger partial charge in [-0.2, -0.15) is 0 Å². The molecular formula is C22H15IN2O5S. The zero-order valence-corrected chi connectivity index (χ0v) is 18.9. The smallest absolute Gasteiger partial charge is 0.301 e. The second-order valence-electron chi connectivity index (χ2n) is 6.89. The molecule has 0 radical (unpaired) electrons. The highest BCUT2D eigenvalue weighted by Crippen LogP contribution is 2.43. The minimum absolute atomic E-state index is 0.0121. The van der Waals surface area contributed by atoms with Crippen molar-refractivity contribution < 1.29 is 24.2 Å². The maximum Gasteiger partial charge on any atom is 0.301 e. The van der Waals surface area contributed by atoms with Crippen molar-refractivity contribution in [2.75, 3.05) is 18.1 Å². The number of aliphatic hydroxyl groups is 1. The first-order valence-corrected chi connectivity index (χ1v) is 11.4. The number of fused-ring (bicyclic) bond motifs is 1. The molecule has 2 aromatic carbocycles. The van der Waals surface area contributed by atoms with Crippen LogP contribution in [0.2, 0.25) is 0 Å². The summed E-state index contributed by atoms with van der Waals surface area (Å²) in [5, 5.41) is 13.3. The molecule has 1 amide bonds. The molecule has 7 nitrogen and oxygen atoms in total. The number of aliphatic hydroxyl groups excluding tert-OH is 1. The largest absolute Gasteiger partial charge is 0.507 e. The summed E-state index contributed by atoms with van der Waals surface area (Å²) in [5.41, 5.74) is 1.09. The molecule has 0 saturated carbocycles. The quantitative estimate of drug-likeness (QED) is 0.230. The van der Waals surface area contributed by atoms with Crippen LogP contribution in [0.15, 0.2) is 59.6 Å². The molecule has 5 rings (SSSR count). The fourth-order valence-corrected chi connectivity index (χ4v) is 4.70. The van der Waals surface area contributed by atoms with Crippen LogP contribution in [-0.4, -0.2) is 35.0 Å². The molecule has 1 N–H and O–H groups in total. The normalized spacial score (nSPS) is 19.6. The van der Waals surface area contributed by atoms with Gasteiger partial charge < -0.3 is 14.6 Å². The third-order valence-corrected chi connectivity index (χ3v) is 6.56. The lowest BCUT2D eigenvalue weighted by molar-refractivity contribution is -0.132. The number of amides is 1. The van der Waals surface area contributed by atoms with E-state index in [9.17, 15) is 14.7 Å². The van der Waals surface area contributed by atoms with Crippen molar-refractivity contribution in [2.45, 2.75) is 6.04 Å². The van der Waals surface area contributed by atoms with E-state index in [1.54, 1.807) is 29.8 Å². The summed E-state index contributed by atoms with van der Waals surface area (Å²) in [7, 11) is 0. The van der Waals surface area contributed by atoms with Crippen LogP contribution in [-0.2, 0) is 9.59 Å². The number of ketones is 1. The maximum absolute atomic E-state index is 13.1. The van der Waals surface area contributed by atoms with E-state index in [2.05, 4.69) is 27.6 Å².